The first-order valence-electron chi connectivity index (χ1n) is 10.4. The molecular formula is C16H21N3O2. The normalized spacial score (nSPS) is 28.0. The van der Waals surface area contributed by atoms with Crippen molar-refractivity contribution < 1.29 is 20.6 Å². The van der Waals surface area contributed by atoms with Gasteiger partial charge in [-0.15, -0.1) is 0 Å². The van der Waals surface area contributed by atoms with Gasteiger partial charge in [-0.1, -0.05) is 6.07 Å². The highest BCUT2D eigenvalue weighted by Gasteiger charge is 2.22. The molecule has 2 heterocycles. The van der Waals surface area contributed by atoms with Crippen molar-refractivity contribution in [3.63, 3.8) is 0 Å². The Morgan fingerprint density at radius 1 is 1.57 bits per heavy atom. The van der Waals surface area contributed by atoms with E-state index in [4.69, 9.17) is 11.0 Å². The first-order valence-corrected chi connectivity index (χ1v) is 6.49. The zero-order valence-electron chi connectivity index (χ0n) is 19.8. The first kappa shape index (κ1) is 7.31. The fraction of sp³-hybridized carbons (Fsp3) is 0.438. The molecular weight excluding hydrogens is 266 g/mol. The van der Waals surface area contributed by atoms with Crippen LogP contribution in [0.2, 0.25) is 2.82 Å². The van der Waals surface area contributed by atoms with E-state index in [2.05, 4.69) is 4.74 Å². The number of nitrogens with zero attached hydrogens (tertiary/aromatic N) is 1. The molecule has 2 aromatic rings. The topological polar surface area (TPSA) is 57.4 Å². The molecule has 2 N–H and O–H groups in total. The van der Waals surface area contributed by atoms with Gasteiger partial charge in [-0.3, -0.25) is 0 Å². The summed E-state index contributed by atoms with van der Waals surface area (Å²) in [6, 6.07) is 2.26. The van der Waals surface area contributed by atoms with Gasteiger partial charge in [-0.2, -0.15) is 0 Å². The number of hydrogen-bond donors (Lipinski definition) is 2. The fourth-order valence-corrected chi connectivity index (χ4v) is 2.03. The Labute approximate surface area is 135 Å². The van der Waals surface area contributed by atoms with Crippen LogP contribution in [0.3, 0.4) is 0 Å². The maximum Gasteiger partial charge on any atom is 0.407 e. The van der Waals surface area contributed by atoms with Crippen molar-refractivity contribution in [2.45, 2.75) is 18.8 Å². The zero-order chi connectivity index (χ0) is 21.9. The largest absolute Gasteiger partial charge is 0.447 e. The van der Waals surface area contributed by atoms with Crippen molar-refractivity contribution in [2.24, 2.45) is 0 Å². The number of nitrogens with one attached hydrogen (secondary N) is 2. The SMILES string of the molecule is [2H]N1C(=O)OC([2H])([2H])[C@@H]1C([2H])([2H])c1ccc2c(c1)c(C([2H])([2H])CN(C)C)cn2[2H]. The van der Waals surface area contributed by atoms with Crippen molar-refractivity contribution >= 4 is 17.0 Å². The molecule has 5 nitrogen and oxygen atoms in total. The van der Waals surface area contributed by atoms with Crippen LogP contribution in [0, 0.1) is 0 Å². The van der Waals surface area contributed by atoms with Crippen molar-refractivity contribution in [1.82, 2.24) is 15.2 Å². The lowest BCUT2D eigenvalue weighted by Crippen LogP contribution is -2.28. The van der Waals surface area contributed by atoms with Gasteiger partial charge in [-0.25, -0.2) is 4.79 Å². The van der Waals surface area contributed by atoms with Crippen LogP contribution in [0.1, 0.15) is 19.4 Å². The first-order chi connectivity index (χ1) is 13.2. The Morgan fingerprint density at radius 3 is 3.14 bits per heavy atom. The third-order valence-corrected chi connectivity index (χ3v) is 3.00. The monoisotopic (exact) mass is 295 g/mol. The highest BCUT2D eigenvalue weighted by atomic mass is 16.6. The van der Waals surface area contributed by atoms with E-state index >= 15 is 0 Å². The number of cyclic esters (lactones) is 1. The summed E-state index contributed by atoms with van der Waals surface area (Å²) in [4.78, 5) is 14.3. The van der Waals surface area contributed by atoms with E-state index in [1.165, 1.54) is 24.4 Å². The molecule has 1 aliphatic heterocycles. The number of carbonyl (C=O) groups excluding carboxylic acids is 1. The van der Waals surface area contributed by atoms with Crippen molar-refractivity contribution in [1.29, 1.82) is 0 Å². The minimum absolute atomic E-state index is 0.0389. The molecule has 1 amide bonds. The van der Waals surface area contributed by atoms with E-state index in [1.54, 1.807) is 19.0 Å². The van der Waals surface area contributed by atoms with Crippen LogP contribution in [0.4, 0.5) is 4.79 Å². The number of likely N-dealkylation sites (N-methyl/N-ethyl adjacent to an activating group) is 1. The number of fused-ring (bicyclic) bond motifs is 1. The lowest BCUT2D eigenvalue weighted by Gasteiger charge is -2.09. The van der Waals surface area contributed by atoms with Gasteiger partial charge in [0.2, 0.25) is 0 Å². The summed E-state index contributed by atoms with van der Waals surface area (Å²) in [6.45, 7) is -2.68. The van der Waals surface area contributed by atoms with Crippen molar-refractivity contribution in [2.75, 3.05) is 27.2 Å². The zero-order valence-corrected chi connectivity index (χ0v) is 11.8. The molecule has 21 heavy (non-hydrogen) atoms. The van der Waals surface area contributed by atoms with Gasteiger partial charge in [0, 0.05) is 29.1 Å². The van der Waals surface area contributed by atoms with Crippen LogP contribution in [0.5, 0.6) is 0 Å². The maximum absolute atomic E-state index is 11.6. The summed E-state index contributed by atoms with van der Waals surface area (Å²) in [5.41, 5.74) is 0.493. The highest BCUT2D eigenvalue weighted by molar-refractivity contribution is 5.84. The van der Waals surface area contributed by atoms with Crippen LogP contribution < -0.4 is 5.31 Å². The summed E-state index contributed by atoms with van der Waals surface area (Å²) in [7, 11) is 3.42. The smallest absolute Gasteiger partial charge is 0.407 e. The Balaban J connectivity index is 2.14. The van der Waals surface area contributed by atoms with E-state index in [0.29, 0.717) is 10.9 Å². The molecule has 1 aromatic carbocycles. The van der Waals surface area contributed by atoms with Gasteiger partial charge in [0.15, 0.2) is 2.82 Å². The molecule has 0 spiro atoms. The average Bonchev–Trinajstić information content (AvgIpc) is 3.00. The lowest BCUT2D eigenvalue weighted by molar-refractivity contribution is 0.177. The number of ether oxygens (including phenoxy) is 1. The third-order valence-electron chi connectivity index (χ3n) is 3.00. The third kappa shape index (κ3) is 3.19. The Bertz CT molecular complexity index is 959. The highest BCUT2D eigenvalue weighted by Crippen LogP contribution is 2.21. The summed E-state index contributed by atoms with van der Waals surface area (Å²) in [5, 5.41) is 0.446. The molecule has 0 saturated carbocycles. The van der Waals surface area contributed by atoms with Gasteiger partial charge < -0.3 is 19.9 Å². The molecule has 1 fully saturated rings. The second kappa shape index (κ2) is 5.77. The number of benzene rings is 1. The Kier molecular flexibility index (Phi) is 2.01. The van der Waals surface area contributed by atoms with E-state index in [0.717, 1.165) is 4.98 Å². The molecule has 0 aliphatic carbocycles. The molecule has 0 bridgehead atoms. The van der Waals surface area contributed by atoms with Crippen molar-refractivity contribution in [3.05, 3.63) is 35.5 Å². The van der Waals surface area contributed by atoms with Crippen LogP contribution in [-0.4, -0.2) is 49.2 Å². The van der Waals surface area contributed by atoms with Gasteiger partial charge in [0.1, 0.15) is 6.56 Å². The lowest BCUT2D eigenvalue weighted by atomic mass is 10.0. The summed E-state index contributed by atoms with van der Waals surface area (Å²) in [5.74, 6) is 0. The second-order valence-electron chi connectivity index (χ2n) is 4.98. The molecule has 1 aromatic heterocycles. The van der Waals surface area contributed by atoms with Crippen LogP contribution in [0.25, 0.3) is 10.9 Å². The van der Waals surface area contributed by atoms with E-state index in [-0.39, 0.29) is 23.0 Å². The molecule has 3 rings (SSSR count). The number of alkyl carbamates (subject to hydrolysis) is 1. The maximum atomic E-state index is 11.6. The Hall–Kier alpha value is -2.01. The molecule has 0 unspecified atom stereocenters. The van der Waals surface area contributed by atoms with Crippen LogP contribution in [-0.2, 0) is 17.5 Å². The van der Waals surface area contributed by atoms with Crippen LogP contribution >= 0.6 is 0 Å². The summed E-state index contributed by atoms with van der Waals surface area (Å²) >= 11 is 0. The molecule has 112 valence electrons. The predicted octanol–water partition coefficient (Wildman–Crippen LogP) is 1.92. The number of aromatic nitrogens is 1. The Morgan fingerprint density at radius 2 is 2.43 bits per heavy atom. The fourth-order valence-electron chi connectivity index (χ4n) is 2.03. The van der Waals surface area contributed by atoms with Crippen LogP contribution in [0.15, 0.2) is 24.4 Å². The molecule has 5 heteroatoms. The average molecular weight is 295 g/mol. The minimum atomic E-state index is -2.72. The molecule has 0 radical (unpaired) electrons. The second-order valence-corrected chi connectivity index (χ2v) is 4.98. The van der Waals surface area contributed by atoms with E-state index in [1.807, 2.05) is 0 Å². The van der Waals surface area contributed by atoms with Gasteiger partial charge in [-0.05, 0) is 50.1 Å². The van der Waals surface area contributed by atoms with Gasteiger partial charge in [0.05, 0.1) is 8.78 Å². The molecule has 1 atom stereocenters. The van der Waals surface area contributed by atoms with Crippen molar-refractivity contribution in [3.8, 4) is 0 Å². The number of hydrogen-bond acceptors (Lipinski definition) is 3. The standard InChI is InChI=1S/C16H21N3O2/c1-19(2)6-5-12-9-17-15-4-3-11(8-14(12)15)7-13-10-21-16(20)18-13/h3-4,8-9,13,17H,5-7,10H2,1-2H3,(H,18,20)/t13-/m0/s1/i5D2,7D2,10D2/hD2. The quantitative estimate of drug-likeness (QED) is 0.886. The number of aromatic amines is 1. The number of H-pyrrole nitrogens is 1. The summed E-state index contributed by atoms with van der Waals surface area (Å²) in [6.07, 6.45) is -4.31. The number of amides is 1. The van der Waals surface area contributed by atoms with Gasteiger partial charge >= 0.3 is 6.09 Å². The minimum Gasteiger partial charge on any atom is -0.447 e. The van der Waals surface area contributed by atoms with Gasteiger partial charge in [0.25, 0.3) is 0 Å². The van der Waals surface area contributed by atoms with E-state index in [9.17, 15) is 4.79 Å². The predicted molar refractivity (Wildman–Crippen MR) is 82.5 cm³/mol. The number of carbonyl (C=O) groups is 1. The summed E-state index contributed by atoms with van der Waals surface area (Å²) < 4.78 is 69.5. The molecule has 1 aliphatic rings. The molecule has 1 saturated heterocycles. The number of rotatable bonds is 5. The van der Waals surface area contributed by atoms with E-state index < -0.39 is 31.4 Å².